The van der Waals surface area contributed by atoms with Gasteiger partial charge in [0.05, 0.1) is 6.04 Å². The molecule has 0 spiro atoms. The zero-order chi connectivity index (χ0) is 15.4. The molecular weight excluding hydrogens is 331 g/mol. The molecule has 2 fully saturated rings. The van der Waals surface area contributed by atoms with Gasteiger partial charge in [-0.2, -0.15) is 0 Å². The molecule has 1 atom stereocenters. The molecule has 0 bridgehead atoms. The van der Waals surface area contributed by atoms with Crippen molar-refractivity contribution in [1.82, 2.24) is 10.2 Å². The predicted molar refractivity (Wildman–Crippen MR) is 98.1 cm³/mol. The summed E-state index contributed by atoms with van der Waals surface area (Å²) in [5, 5.41) is 4.07. The Morgan fingerprint density at radius 3 is 2.48 bits per heavy atom. The van der Waals surface area contributed by atoms with Crippen LogP contribution in [0.4, 0.5) is 0 Å². The standard InChI is InChI=1S/C18H23ClN2O.ClH/c19-16-7-5-14(6-8-16)3-4-15-9-12-21(13-10-15)18(22)17-2-1-11-20-17;/h3-8,15,17,20H,1-2,9-13H2;1H/b4-3+;. The zero-order valence-corrected chi connectivity index (χ0v) is 14.8. The number of benzene rings is 1. The summed E-state index contributed by atoms with van der Waals surface area (Å²) in [7, 11) is 0. The first kappa shape index (κ1) is 18.3. The van der Waals surface area contributed by atoms with E-state index in [2.05, 4.69) is 17.5 Å². The molecule has 1 amide bonds. The van der Waals surface area contributed by atoms with Gasteiger partial charge in [0.1, 0.15) is 0 Å². The highest BCUT2D eigenvalue weighted by molar-refractivity contribution is 6.30. The van der Waals surface area contributed by atoms with E-state index in [1.165, 1.54) is 5.56 Å². The molecule has 0 aliphatic carbocycles. The first-order chi connectivity index (χ1) is 10.7. The van der Waals surface area contributed by atoms with Gasteiger partial charge in [-0.1, -0.05) is 35.9 Å². The molecule has 2 saturated heterocycles. The maximum absolute atomic E-state index is 12.4. The van der Waals surface area contributed by atoms with Crippen LogP contribution >= 0.6 is 24.0 Å². The Balaban J connectivity index is 0.00000192. The third-order valence-electron chi connectivity index (χ3n) is 4.64. The number of allylic oxidation sites excluding steroid dienone is 1. The second-order valence-electron chi connectivity index (χ2n) is 6.22. The maximum Gasteiger partial charge on any atom is 0.239 e. The molecule has 1 unspecified atom stereocenters. The average molecular weight is 355 g/mol. The van der Waals surface area contributed by atoms with Crippen LogP contribution in [0.2, 0.25) is 5.02 Å². The molecule has 3 nitrogen and oxygen atoms in total. The number of nitrogens with one attached hydrogen (secondary N) is 1. The van der Waals surface area contributed by atoms with E-state index in [0.29, 0.717) is 11.8 Å². The van der Waals surface area contributed by atoms with E-state index < -0.39 is 0 Å². The summed E-state index contributed by atoms with van der Waals surface area (Å²) in [6, 6.07) is 7.96. The van der Waals surface area contributed by atoms with Crippen molar-refractivity contribution < 1.29 is 4.79 Å². The lowest BCUT2D eigenvalue weighted by molar-refractivity contribution is -0.134. The molecule has 1 N–H and O–H groups in total. The maximum atomic E-state index is 12.4. The molecule has 2 heterocycles. The second kappa shape index (κ2) is 8.72. The Labute approximate surface area is 149 Å². The third-order valence-corrected chi connectivity index (χ3v) is 4.89. The SMILES string of the molecule is Cl.O=C(C1CCCN1)N1CCC(/C=C/c2ccc(Cl)cc2)CC1. The fourth-order valence-electron chi connectivity index (χ4n) is 3.25. The molecule has 0 radical (unpaired) electrons. The summed E-state index contributed by atoms with van der Waals surface area (Å²) < 4.78 is 0. The van der Waals surface area contributed by atoms with Crippen LogP contribution in [0.1, 0.15) is 31.2 Å². The average Bonchev–Trinajstić information content (AvgIpc) is 3.09. The largest absolute Gasteiger partial charge is 0.341 e. The van der Waals surface area contributed by atoms with Gasteiger partial charge in [-0.05, 0) is 55.8 Å². The van der Waals surface area contributed by atoms with Crippen LogP contribution in [-0.4, -0.2) is 36.5 Å². The van der Waals surface area contributed by atoms with Crippen LogP contribution in [0.5, 0.6) is 0 Å². The minimum atomic E-state index is 0. The van der Waals surface area contributed by atoms with E-state index >= 15 is 0 Å². The summed E-state index contributed by atoms with van der Waals surface area (Å²) in [6.45, 7) is 2.75. The Morgan fingerprint density at radius 1 is 1.17 bits per heavy atom. The van der Waals surface area contributed by atoms with Gasteiger partial charge in [0.15, 0.2) is 0 Å². The Hall–Kier alpha value is -1.03. The highest BCUT2D eigenvalue weighted by Crippen LogP contribution is 2.21. The van der Waals surface area contributed by atoms with E-state index in [1.807, 2.05) is 29.2 Å². The monoisotopic (exact) mass is 354 g/mol. The summed E-state index contributed by atoms with van der Waals surface area (Å²) in [4.78, 5) is 14.4. The smallest absolute Gasteiger partial charge is 0.239 e. The van der Waals surface area contributed by atoms with Crippen LogP contribution in [0.25, 0.3) is 6.08 Å². The van der Waals surface area contributed by atoms with Crippen molar-refractivity contribution in [3.63, 3.8) is 0 Å². The number of halogens is 2. The summed E-state index contributed by atoms with van der Waals surface area (Å²) in [6.07, 6.45) is 8.67. The number of hydrogen-bond donors (Lipinski definition) is 1. The number of piperidine rings is 1. The number of hydrogen-bond acceptors (Lipinski definition) is 2. The fraction of sp³-hybridized carbons (Fsp3) is 0.500. The van der Waals surface area contributed by atoms with E-state index in [0.717, 1.165) is 50.3 Å². The molecule has 23 heavy (non-hydrogen) atoms. The molecule has 1 aromatic carbocycles. The van der Waals surface area contributed by atoms with Crippen molar-refractivity contribution in [1.29, 1.82) is 0 Å². The van der Waals surface area contributed by atoms with E-state index in [-0.39, 0.29) is 18.4 Å². The van der Waals surface area contributed by atoms with E-state index in [4.69, 9.17) is 11.6 Å². The van der Waals surface area contributed by atoms with Crippen molar-refractivity contribution in [3.8, 4) is 0 Å². The fourth-order valence-corrected chi connectivity index (χ4v) is 3.38. The number of likely N-dealkylation sites (tertiary alicyclic amines) is 1. The van der Waals surface area contributed by atoms with Crippen LogP contribution in [0.3, 0.4) is 0 Å². The van der Waals surface area contributed by atoms with Crippen molar-refractivity contribution in [2.75, 3.05) is 19.6 Å². The third kappa shape index (κ3) is 4.97. The minimum Gasteiger partial charge on any atom is -0.341 e. The quantitative estimate of drug-likeness (QED) is 0.895. The molecule has 2 aliphatic rings. The lowest BCUT2D eigenvalue weighted by Crippen LogP contribution is -2.46. The van der Waals surface area contributed by atoms with Crippen molar-refractivity contribution in [3.05, 3.63) is 40.9 Å². The van der Waals surface area contributed by atoms with Gasteiger partial charge in [-0.15, -0.1) is 12.4 Å². The predicted octanol–water partition coefficient (Wildman–Crippen LogP) is 3.77. The van der Waals surface area contributed by atoms with Gasteiger partial charge in [0, 0.05) is 18.1 Å². The van der Waals surface area contributed by atoms with Crippen LogP contribution in [0, 0.1) is 5.92 Å². The van der Waals surface area contributed by atoms with Crippen molar-refractivity contribution >= 4 is 36.0 Å². The van der Waals surface area contributed by atoms with Gasteiger partial charge in [-0.25, -0.2) is 0 Å². The number of nitrogens with zero attached hydrogens (tertiary/aromatic N) is 1. The van der Waals surface area contributed by atoms with Gasteiger partial charge in [0.25, 0.3) is 0 Å². The molecule has 3 rings (SSSR count). The van der Waals surface area contributed by atoms with Crippen molar-refractivity contribution in [2.24, 2.45) is 5.92 Å². The first-order valence-electron chi connectivity index (χ1n) is 8.18. The van der Waals surface area contributed by atoms with Crippen LogP contribution in [-0.2, 0) is 4.79 Å². The van der Waals surface area contributed by atoms with E-state index in [9.17, 15) is 4.79 Å². The Morgan fingerprint density at radius 2 is 1.87 bits per heavy atom. The summed E-state index contributed by atoms with van der Waals surface area (Å²) in [5.74, 6) is 0.869. The molecule has 0 saturated carbocycles. The van der Waals surface area contributed by atoms with Gasteiger partial charge in [-0.3, -0.25) is 4.79 Å². The molecule has 5 heteroatoms. The number of amides is 1. The lowest BCUT2D eigenvalue weighted by atomic mass is 9.95. The topological polar surface area (TPSA) is 32.3 Å². The van der Waals surface area contributed by atoms with Crippen LogP contribution < -0.4 is 5.32 Å². The Bertz CT molecular complexity index is 530. The van der Waals surface area contributed by atoms with E-state index in [1.54, 1.807) is 0 Å². The second-order valence-corrected chi connectivity index (χ2v) is 6.66. The Kier molecular flexibility index (Phi) is 6.94. The number of carbonyl (C=O) groups is 1. The summed E-state index contributed by atoms with van der Waals surface area (Å²) >= 11 is 5.89. The molecule has 1 aromatic rings. The minimum absolute atomic E-state index is 0. The lowest BCUT2D eigenvalue weighted by Gasteiger charge is -2.32. The highest BCUT2D eigenvalue weighted by Gasteiger charge is 2.29. The molecule has 2 aliphatic heterocycles. The zero-order valence-electron chi connectivity index (χ0n) is 13.2. The van der Waals surface area contributed by atoms with Gasteiger partial charge in [0.2, 0.25) is 5.91 Å². The molecule has 126 valence electrons. The first-order valence-corrected chi connectivity index (χ1v) is 8.56. The van der Waals surface area contributed by atoms with Crippen LogP contribution in [0.15, 0.2) is 30.3 Å². The van der Waals surface area contributed by atoms with Gasteiger partial charge < -0.3 is 10.2 Å². The summed E-state index contributed by atoms with van der Waals surface area (Å²) in [5.41, 5.74) is 1.18. The van der Waals surface area contributed by atoms with Crippen molar-refractivity contribution in [2.45, 2.75) is 31.7 Å². The number of rotatable bonds is 3. The molecule has 0 aromatic heterocycles. The highest BCUT2D eigenvalue weighted by atomic mass is 35.5. The number of carbonyl (C=O) groups excluding carboxylic acids is 1. The normalized spacial score (nSPS) is 22.3. The van der Waals surface area contributed by atoms with Gasteiger partial charge >= 0.3 is 0 Å². The molecular formula is C18H24Cl2N2O.